The molecule has 0 aliphatic heterocycles. The second-order valence-electron chi connectivity index (χ2n) is 15.1. The summed E-state index contributed by atoms with van der Waals surface area (Å²) in [6, 6.07) is 61.8. The fraction of sp³-hybridized carbons (Fsp3) is 0.0926. The van der Waals surface area contributed by atoms with Gasteiger partial charge in [0.1, 0.15) is 5.84 Å². The van der Waals surface area contributed by atoms with Gasteiger partial charge in [0.25, 0.3) is 0 Å². The van der Waals surface area contributed by atoms with Crippen LogP contribution in [0.2, 0.25) is 0 Å². The van der Waals surface area contributed by atoms with E-state index in [1.54, 1.807) is 0 Å². The van der Waals surface area contributed by atoms with Crippen molar-refractivity contribution in [3.05, 3.63) is 233 Å². The molecule has 0 atom stereocenters. The van der Waals surface area contributed by atoms with Gasteiger partial charge >= 0.3 is 0 Å². The highest BCUT2D eigenvalue weighted by Crippen LogP contribution is 2.63. The Morgan fingerprint density at radius 1 is 0.554 bits per heavy atom. The van der Waals surface area contributed by atoms with Crippen LogP contribution in [0.25, 0.3) is 50.2 Å². The normalized spacial score (nSPS) is 15.1. The van der Waals surface area contributed by atoms with Crippen molar-refractivity contribution in [1.29, 1.82) is 0 Å². The topological polar surface area (TPSA) is 38.4 Å². The fourth-order valence-corrected chi connectivity index (χ4v) is 9.37. The number of fused-ring (bicyclic) bond motifs is 10. The van der Waals surface area contributed by atoms with E-state index in [1.165, 1.54) is 67.6 Å². The number of hydrogen-bond acceptors (Lipinski definition) is 1. The van der Waals surface area contributed by atoms with Crippen LogP contribution in [0.1, 0.15) is 59.1 Å². The second-order valence-corrected chi connectivity index (χ2v) is 15.1. The summed E-state index contributed by atoms with van der Waals surface area (Å²) in [4.78, 5) is 5.06. The second kappa shape index (κ2) is 14.1. The molecule has 3 aliphatic rings. The van der Waals surface area contributed by atoms with Gasteiger partial charge in [0, 0.05) is 11.1 Å². The predicted molar refractivity (Wildman–Crippen MR) is 234 cm³/mol. The summed E-state index contributed by atoms with van der Waals surface area (Å²) in [5.41, 5.74) is 26.0. The maximum absolute atomic E-state index is 6.66. The highest BCUT2D eigenvalue weighted by atomic mass is 14.9. The minimum absolute atomic E-state index is 0.366. The first-order chi connectivity index (χ1) is 27.7. The van der Waals surface area contributed by atoms with Gasteiger partial charge in [-0.15, -0.1) is 0 Å². The molecule has 0 saturated carbocycles. The number of benzene rings is 7. The zero-order valence-electron chi connectivity index (χ0n) is 31.3. The number of nitrogens with zero attached hydrogens (tertiary/aromatic N) is 1. The average molecular weight is 719 g/mol. The van der Waals surface area contributed by atoms with E-state index in [2.05, 4.69) is 164 Å². The van der Waals surface area contributed by atoms with Crippen molar-refractivity contribution in [2.75, 3.05) is 0 Å². The molecule has 2 nitrogen and oxygen atoms in total. The molecule has 0 amide bonds. The molecule has 2 heteroatoms. The Labute approximate surface area is 329 Å². The highest BCUT2D eigenvalue weighted by molar-refractivity contribution is 6.01. The molecular weight excluding hydrogens is 677 g/mol. The number of nitrogens with two attached hydrogens (primary N) is 1. The molecule has 0 fully saturated rings. The first kappa shape index (κ1) is 33.8. The summed E-state index contributed by atoms with van der Waals surface area (Å²) in [6.07, 6.45) is 13.2. The van der Waals surface area contributed by atoms with E-state index in [1.807, 2.05) is 30.3 Å². The summed E-state index contributed by atoms with van der Waals surface area (Å²) >= 11 is 0. The maximum atomic E-state index is 6.66. The largest absolute Gasteiger partial charge is 0.383 e. The van der Waals surface area contributed by atoms with E-state index in [0.29, 0.717) is 5.84 Å². The van der Waals surface area contributed by atoms with Gasteiger partial charge in [0.2, 0.25) is 0 Å². The Bertz CT molecular complexity index is 2710. The molecule has 3 aliphatic carbocycles. The van der Waals surface area contributed by atoms with Crippen molar-refractivity contribution >= 4 is 11.5 Å². The highest BCUT2D eigenvalue weighted by Gasteiger charge is 2.51. The zero-order chi connectivity index (χ0) is 37.5. The van der Waals surface area contributed by atoms with Gasteiger partial charge in [0.05, 0.1) is 11.1 Å². The molecular formula is C54H42N2. The van der Waals surface area contributed by atoms with Gasteiger partial charge in [0.15, 0.2) is 0 Å². The molecule has 0 saturated heterocycles. The van der Waals surface area contributed by atoms with Crippen molar-refractivity contribution in [2.24, 2.45) is 10.7 Å². The lowest BCUT2D eigenvalue weighted by molar-refractivity contribution is 0.794. The molecule has 56 heavy (non-hydrogen) atoms. The zero-order valence-corrected chi connectivity index (χ0v) is 31.3. The standard InChI is InChI=1S/C54H42N2/c55-53(38-19-6-3-7-20-38)56-51(34-33-37-17-4-1-2-5-18-37)42-24-15-22-40(36-42)39-21-14-23-41(35-39)43-28-16-32-50-52(43)46-27-10-13-31-49(46)54(50)47-29-11-8-25-44(47)45-26-9-12-30-48(45)54/h1,3-4,6-17,19-32,34-36H,2,5,18,33H2,(H2,55,56)/b51-34-. The SMILES string of the molecule is N/C(=N\C(=C/CC1=CC=CCCC1)c1cccc(-c2cccc(-c3cccc4c3-c3ccccc3C43c4ccccc4-c4ccccc43)c2)c1)c1ccccc1. The Hall–Kier alpha value is -6.77. The number of amidine groups is 1. The number of allylic oxidation sites excluding steroid dienone is 5. The van der Waals surface area contributed by atoms with Crippen molar-refractivity contribution in [1.82, 2.24) is 0 Å². The molecule has 0 bridgehead atoms. The van der Waals surface area contributed by atoms with Gasteiger partial charge in [-0.2, -0.15) is 0 Å². The third-order valence-corrected chi connectivity index (χ3v) is 11.9. The molecule has 7 aromatic rings. The van der Waals surface area contributed by atoms with Crippen LogP contribution in [0.3, 0.4) is 0 Å². The number of rotatable bonds is 7. The quantitative estimate of drug-likeness (QED) is 0.129. The van der Waals surface area contributed by atoms with Gasteiger partial charge in [-0.3, -0.25) is 0 Å². The van der Waals surface area contributed by atoms with Crippen molar-refractivity contribution in [2.45, 2.75) is 31.1 Å². The molecule has 2 N–H and O–H groups in total. The third kappa shape index (κ3) is 5.60. The van der Waals surface area contributed by atoms with E-state index in [4.69, 9.17) is 10.7 Å². The summed E-state index contributed by atoms with van der Waals surface area (Å²) in [6.45, 7) is 0. The van der Waals surface area contributed by atoms with E-state index >= 15 is 0 Å². The summed E-state index contributed by atoms with van der Waals surface area (Å²) < 4.78 is 0. The molecule has 268 valence electrons. The van der Waals surface area contributed by atoms with Gasteiger partial charge in [-0.25, -0.2) is 4.99 Å². The van der Waals surface area contributed by atoms with Gasteiger partial charge < -0.3 is 5.73 Å². The third-order valence-electron chi connectivity index (χ3n) is 11.9. The van der Waals surface area contributed by atoms with Gasteiger partial charge in [-0.05, 0) is 105 Å². The molecule has 0 unspecified atom stereocenters. The van der Waals surface area contributed by atoms with E-state index in [9.17, 15) is 0 Å². The van der Waals surface area contributed by atoms with Crippen LogP contribution in [0.15, 0.2) is 205 Å². The Morgan fingerprint density at radius 2 is 1.12 bits per heavy atom. The molecule has 0 radical (unpaired) electrons. The van der Waals surface area contributed by atoms with Crippen LogP contribution in [0, 0.1) is 0 Å². The predicted octanol–water partition coefficient (Wildman–Crippen LogP) is 13.2. The lowest BCUT2D eigenvalue weighted by Crippen LogP contribution is -2.25. The molecule has 7 aromatic carbocycles. The first-order valence-corrected chi connectivity index (χ1v) is 19.8. The monoisotopic (exact) mass is 718 g/mol. The van der Waals surface area contributed by atoms with Crippen LogP contribution in [0.4, 0.5) is 0 Å². The van der Waals surface area contributed by atoms with Crippen LogP contribution in [0.5, 0.6) is 0 Å². The summed E-state index contributed by atoms with van der Waals surface area (Å²) in [7, 11) is 0. The van der Waals surface area contributed by atoms with Crippen LogP contribution < -0.4 is 5.73 Å². The van der Waals surface area contributed by atoms with Crippen LogP contribution in [-0.4, -0.2) is 5.84 Å². The molecule has 10 rings (SSSR count). The smallest absolute Gasteiger partial charge is 0.131 e. The Kier molecular flexibility index (Phi) is 8.53. The molecule has 0 aromatic heterocycles. The maximum Gasteiger partial charge on any atom is 0.131 e. The minimum atomic E-state index is -0.366. The van der Waals surface area contributed by atoms with E-state index < -0.39 is 0 Å². The fourth-order valence-electron chi connectivity index (χ4n) is 9.37. The Morgan fingerprint density at radius 3 is 1.89 bits per heavy atom. The van der Waals surface area contributed by atoms with Crippen LogP contribution >= 0.6 is 0 Å². The van der Waals surface area contributed by atoms with Gasteiger partial charge in [-0.1, -0.05) is 188 Å². The number of hydrogen-bond donors (Lipinski definition) is 1. The summed E-state index contributed by atoms with van der Waals surface area (Å²) in [5, 5.41) is 0. The van der Waals surface area contributed by atoms with Crippen molar-refractivity contribution in [3.8, 4) is 44.5 Å². The van der Waals surface area contributed by atoms with E-state index in [0.717, 1.165) is 47.2 Å². The van der Waals surface area contributed by atoms with Crippen molar-refractivity contribution in [3.63, 3.8) is 0 Å². The lowest BCUT2D eigenvalue weighted by atomic mass is 9.70. The molecule has 1 spiro atoms. The number of aliphatic imine (C=N–C) groups is 1. The molecule has 0 heterocycles. The average Bonchev–Trinajstić information content (AvgIpc) is 3.57. The van der Waals surface area contributed by atoms with Crippen LogP contribution in [-0.2, 0) is 5.41 Å². The van der Waals surface area contributed by atoms with E-state index in [-0.39, 0.29) is 5.41 Å². The first-order valence-electron chi connectivity index (χ1n) is 19.8. The summed E-state index contributed by atoms with van der Waals surface area (Å²) in [5.74, 6) is 0.516. The Balaban J connectivity index is 1.08. The lowest BCUT2D eigenvalue weighted by Gasteiger charge is -2.30. The minimum Gasteiger partial charge on any atom is -0.383 e. The van der Waals surface area contributed by atoms with Crippen molar-refractivity contribution < 1.29 is 0 Å².